The second kappa shape index (κ2) is 5.21. The lowest BCUT2D eigenvalue weighted by Crippen LogP contribution is -2.33. The third-order valence-corrected chi connectivity index (χ3v) is 5.18. The Bertz CT molecular complexity index is 1140. The Hall–Kier alpha value is -2.65. The number of pyridine rings is 1. The average Bonchev–Trinajstić information content (AvgIpc) is 2.53. The van der Waals surface area contributed by atoms with Crippen molar-refractivity contribution in [2.45, 2.75) is 9.92 Å². The molecule has 0 saturated carbocycles. The normalized spacial score (nSPS) is 11.7. The van der Waals surface area contributed by atoms with Crippen LogP contribution in [0.1, 0.15) is 0 Å². The zero-order valence-electron chi connectivity index (χ0n) is 11.2. The lowest BCUT2D eigenvalue weighted by molar-refractivity contribution is 0.162. The Morgan fingerprint density at radius 1 is 1.17 bits per heavy atom. The predicted molar refractivity (Wildman–Crippen MR) is 80.7 cm³/mol. The van der Waals surface area contributed by atoms with Gasteiger partial charge in [-0.1, -0.05) is 22.4 Å². The smallest absolute Gasteiger partial charge is 0.362 e. The topological polar surface area (TPSA) is 122 Å². The summed E-state index contributed by atoms with van der Waals surface area (Å²) >= 11 is 5.90. The number of rotatable bonds is 2. The average molecular weight is 354 g/mol. The molecule has 2 aromatic heterocycles. The Kier molecular flexibility index (Phi) is 3.46. The van der Waals surface area contributed by atoms with Crippen molar-refractivity contribution in [3.8, 4) is 0 Å². The Morgan fingerprint density at radius 2 is 1.91 bits per heavy atom. The summed E-state index contributed by atoms with van der Waals surface area (Å²) in [7, 11) is -4.10. The molecule has 0 bridgehead atoms. The van der Waals surface area contributed by atoms with Gasteiger partial charge in [0.25, 0.3) is 5.56 Å². The molecule has 2 N–H and O–H groups in total. The van der Waals surface area contributed by atoms with E-state index in [1.165, 1.54) is 24.4 Å². The Morgan fingerprint density at radius 3 is 2.57 bits per heavy atom. The van der Waals surface area contributed by atoms with E-state index in [9.17, 15) is 23.2 Å². The van der Waals surface area contributed by atoms with Crippen molar-refractivity contribution in [2.75, 3.05) is 0 Å². The number of nitrogens with one attached hydrogen (secondary N) is 1. The first-order valence-corrected chi connectivity index (χ1v) is 8.03. The summed E-state index contributed by atoms with van der Waals surface area (Å²) < 4.78 is 25.2. The minimum absolute atomic E-state index is 0.107. The largest absolute Gasteiger partial charge is 0.421 e. The highest BCUT2D eigenvalue weighted by atomic mass is 35.5. The van der Waals surface area contributed by atoms with E-state index >= 15 is 0 Å². The molecular formula is C13H8ClN3O5S. The number of hydrogen-bond acceptors (Lipinski definition) is 6. The minimum atomic E-state index is -4.10. The quantitative estimate of drug-likeness (QED) is 0.657. The highest BCUT2D eigenvalue weighted by Gasteiger charge is 2.25. The first-order chi connectivity index (χ1) is 10.8. The summed E-state index contributed by atoms with van der Waals surface area (Å²) in [5.74, 6) is 0. The van der Waals surface area contributed by atoms with E-state index in [0.29, 0.717) is 0 Å². The van der Waals surface area contributed by atoms with Crippen LogP contribution in [-0.4, -0.2) is 28.3 Å². The van der Waals surface area contributed by atoms with E-state index in [1.54, 1.807) is 6.07 Å². The van der Waals surface area contributed by atoms with Crippen LogP contribution in [0.4, 0.5) is 0 Å². The zero-order valence-corrected chi connectivity index (χ0v) is 12.8. The van der Waals surface area contributed by atoms with Crippen molar-refractivity contribution in [2.24, 2.45) is 0 Å². The molecular weight excluding hydrogens is 346 g/mol. The summed E-state index contributed by atoms with van der Waals surface area (Å²) in [6.45, 7) is 0. The maximum Gasteiger partial charge on any atom is 0.362 e. The van der Waals surface area contributed by atoms with Crippen LogP contribution >= 0.6 is 11.6 Å². The molecule has 2 heterocycles. The standard InChI is InChI=1S/C13H8ClN3O5S/c14-7-4-5-8(23(21,22)9-3-1-2-6-15-9)11-10(7)12(18)17(20)13(19)16-11/h1-6,20H,(H,16,19). The van der Waals surface area contributed by atoms with Gasteiger partial charge in [0.1, 0.15) is 0 Å². The molecule has 8 nitrogen and oxygen atoms in total. The van der Waals surface area contributed by atoms with Crippen LogP contribution in [0.3, 0.4) is 0 Å². The maximum atomic E-state index is 12.7. The number of H-pyrrole nitrogens is 1. The van der Waals surface area contributed by atoms with E-state index in [-0.39, 0.29) is 30.6 Å². The van der Waals surface area contributed by atoms with Gasteiger partial charge in [0.2, 0.25) is 9.84 Å². The lowest BCUT2D eigenvalue weighted by Gasteiger charge is -2.08. The van der Waals surface area contributed by atoms with E-state index in [4.69, 9.17) is 11.6 Å². The highest BCUT2D eigenvalue weighted by Crippen LogP contribution is 2.28. The second-order valence-electron chi connectivity index (χ2n) is 4.51. The van der Waals surface area contributed by atoms with Gasteiger partial charge in [-0.25, -0.2) is 18.2 Å². The number of aromatic nitrogens is 3. The van der Waals surface area contributed by atoms with Gasteiger partial charge < -0.3 is 10.2 Å². The van der Waals surface area contributed by atoms with Crippen molar-refractivity contribution in [3.63, 3.8) is 0 Å². The van der Waals surface area contributed by atoms with E-state index in [1.807, 2.05) is 0 Å². The second-order valence-corrected chi connectivity index (χ2v) is 6.79. The number of aromatic amines is 1. The van der Waals surface area contributed by atoms with Gasteiger partial charge in [-0.3, -0.25) is 4.79 Å². The lowest BCUT2D eigenvalue weighted by atomic mass is 10.2. The van der Waals surface area contributed by atoms with Crippen LogP contribution in [0, 0.1) is 0 Å². The molecule has 0 fully saturated rings. The van der Waals surface area contributed by atoms with Gasteiger partial charge >= 0.3 is 5.69 Å². The van der Waals surface area contributed by atoms with Gasteiger partial charge in [0.15, 0.2) is 5.03 Å². The molecule has 0 aliphatic rings. The van der Waals surface area contributed by atoms with Crippen LogP contribution in [0.5, 0.6) is 0 Å². The molecule has 1 aromatic carbocycles. The molecule has 0 aliphatic carbocycles. The predicted octanol–water partition coefficient (Wildman–Crippen LogP) is 0.808. The molecule has 0 saturated heterocycles. The molecule has 0 amide bonds. The Labute approximate surface area is 133 Å². The van der Waals surface area contributed by atoms with Crippen molar-refractivity contribution in [3.05, 3.63) is 62.4 Å². The van der Waals surface area contributed by atoms with Gasteiger partial charge in [0.05, 0.1) is 20.8 Å². The highest BCUT2D eigenvalue weighted by molar-refractivity contribution is 7.91. The van der Waals surface area contributed by atoms with E-state index in [0.717, 1.165) is 6.07 Å². The summed E-state index contributed by atoms with van der Waals surface area (Å²) in [4.78, 5) is 29.1. The molecule has 10 heteroatoms. The van der Waals surface area contributed by atoms with Crippen LogP contribution in [0.15, 0.2) is 56.0 Å². The molecule has 0 unspecified atom stereocenters. The van der Waals surface area contributed by atoms with Crippen molar-refractivity contribution in [1.82, 2.24) is 14.7 Å². The third kappa shape index (κ3) is 2.30. The van der Waals surface area contributed by atoms with Gasteiger partial charge in [-0.2, -0.15) is 0 Å². The summed E-state index contributed by atoms with van der Waals surface area (Å²) in [6.07, 6.45) is 1.30. The SMILES string of the molecule is O=c1[nH]c2c(S(=O)(=O)c3ccccn3)ccc(Cl)c2c(=O)n1O. The number of benzene rings is 1. The first-order valence-electron chi connectivity index (χ1n) is 6.17. The molecule has 118 valence electrons. The molecule has 0 aliphatic heterocycles. The molecule has 0 spiro atoms. The fourth-order valence-corrected chi connectivity index (χ4v) is 3.68. The number of fused-ring (bicyclic) bond motifs is 1. The Balaban J connectivity index is 2.48. The van der Waals surface area contributed by atoms with Crippen molar-refractivity contribution in [1.29, 1.82) is 0 Å². The number of halogens is 1. The molecule has 0 radical (unpaired) electrons. The first kappa shape index (κ1) is 15.3. The van der Waals surface area contributed by atoms with E-state index in [2.05, 4.69) is 9.97 Å². The molecule has 0 atom stereocenters. The van der Waals surface area contributed by atoms with E-state index < -0.39 is 21.1 Å². The summed E-state index contributed by atoms with van der Waals surface area (Å²) in [6, 6.07) is 6.67. The van der Waals surface area contributed by atoms with Crippen molar-refractivity contribution >= 4 is 32.3 Å². The van der Waals surface area contributed by atoms with Gasteiger partial charge in [-0.15, -0.1) is 0 Å². The molecule has 3 rings (SSSR count). The van der Waals surface area contributed by atoms with Crippen molar-refractivity contribution < 1.29 is 13.6 Å². The molecule has 3 aromatic rings. The van der Waals surface area contributed by atoms with Gasteiger partial charge in [0, 0.05) is 6.20 Å². The fraction of sp³-hybridized carbons (Fsp3) is 0. The number of sulfone groups is 1. The summed E-state index contributed by atoms with van der Waals surface area (Å²) in [5, 5.41) is 8.71. The van der Waals surface area contributed by atoms with Crippen LogP contribution < -0.4 is 11.2 Å². The monoisotopic (exact) mass is 353 g/mol. The number of nitrogens with zero attached hydrogens (tertiary/aromatic N) is 2. The van der Waals surface area contributed by atoms with Gasteiger partial charge in [-0.05, 0) is 24.3 Å². The zero-order chi connectivity index (χ0) is 16.8. The van der Waals surface area contributed by atoms with Crippen LogP contribution in [0.2, 0.25) is 5.02 Å². The molecule has 23 heavy (non-hydrogen) atoms. The fourth-order valence-electron chi connectivity index (χ4n) is 2.09. The minimum Gasteiger partial charge on any atom is -0.421 e. The maximum absolute atomic E-state index is 12.7. The number of hydrogen-bond donors (Lipinski definition) is 2. The van der Waals surface area contributed by atoms with Crippen LogP contribution in [-0.2, 0) is 9.84 Å². The third-order valence-electron chi connectivity index (χ3n) is 3.15. The van der Waals surface area contributed by atoms with Crippen LogP contribution in [0.25, 0.3) is 10.9 Å². The summed E-state index contributed by atoms with van der Waals surface area (Å²) in [5.41, 5.74) is -2.59.